The zero-order chi connectivity index (χ0) is 10.6. The number of carboxylic acids is 1. The average molecular weight is 219 g/mol. The van der Waals surface area contributed by atoms with E-state index in [2.05, 4.69) is 0 Å². The van der Waals surface area contributed by atoms with Crippen molar-refractivity contribution in [1.82, 2.24) is 4.72 Å². The smallest absolute Gasteiger partial charge is 0.350 e. The molecule has 78 valence electrons. The van der Waals surface area contributed by atoms with Crippen LogP contribution in [0.2, 0.25) is 0 Å². The fraction of sp³-hybridized carbons (Fsp3) is 0.750. The van der Waals surface area contributed by atoms with E-state index in [1.807, 2.05) is 0 Å². The van der Waals surface area contributed by atoms with Crippen molar-refractivity contribution in [2.75, 3.05) is 6.61 Å². The van der Waals surface area contributed by atoms with Gasteiger partial charge in [0.25, 0.3) is 10.0 Å². The van der Waals surface area contributed by atoms with Crippen LogP contribution in [-0.2, 0) is 14.8 Å². The minimum Gasteiger partial charge on any atom is -0.480 e. The molecule has 0 amide bonds. The van der Waals surface area contributed by atoms with Gasteiger partial charge in [-0.3, -0.25) is 4.79 Å². The van der Waals surface area contributed by atoms with E-state index in [4.69, 9.17) is 10.2 Å². The Bertz CT molecular complexity index is 276. The van der Waals surface area contributed by atoms with Crippen molar-refractivity contribution in [3.8, 4) is 0 Å². The highest BCUT2D eigenvalue weighted by molar-refractivity contribution is 7.89. The van der Waals surface area contributed by atoms with Crippen LogP contribution in [0.3, 0.4) is 0 Å². The predicted octanol–water partition coefficient (Wildman–Crippen LogP) is -1.43. The first kappa shape index (κ1) is 12.2. The largest absolute Gasteiger partial charge is 0.480 e. The number of hydrogen-bond donors (Lipinski definition) is 3. The van der Waals surface area contributed by atoms with Gasteiger partial charge in [0.1, 0.15) is 6.04 Å². The Kier molecular flexibility index (Phi) is 4.17. The first-order valence-corrected chi connectivity index (χ1v) is 4.49. The highest BCUT2D eigenvalue weighted by atomic mass is 32.2. The van der Waals surface area contributed by atoms with Gasteiger partial charge in [0, 0.05) is 0 Å². The van der Waals surface area contributed by atoms with Crippen LogP contribution in [0.4, 0.5) is 8.78 Å². The molecule has 13 heavy (non-hydrogen) atoms. The Hall–Kier alpha value is -0.800. The second-order valence-corrected chi connectivity index (χ2v) is 3.68. The van der Waals surface area contributed by atoms with Crippen molar-refractivity contribution in [2.45, 2.75) is 11.8 Å². The zero-order valence-electron chi connectivity index (χ0n) is 6.15. The number of carbonyl (C=O) groups is 1. The van der Waals surface area contributed by atoms with Crippen molar-refractivity contribution in [2.24, 2.45) is 0 Å². The number of alkyl halides is 2. The van der Waals surface area contributed by atoms with E-state index >= 15 is 0 Å². The Labute approximate surface area is 72.2 Å². The number of nitrogens with one attached hydrogen (secondary N) is 1. The van der Waals surface area contributed by atoms with Gasteiger partial charge in [-0.15, -0.1) is 0 Å². The van der Waals surface area contributed by atoms with E-state index in [1.165, 1.54) is 0 Å². The van der Waals surface area contributed by atoms with Crippen LogP contribution in [0.5, 0.6) is 0 Å². The molecule has 0 aliphatic heterocycles. The van der Waals surface area contributed by atoms with Gasteiger partial charge in [0.05, 0.1) is 6.61 Å². The molecule has 1 atom stereocenters. The molecule has 0 bridgehead atoms. The van der Waals surface area contributed by atoms with Crippen LogP contribution in [-0.4, -0.2) is 43.0 Å². The minimum absolute atomic E-state index is 1.10. The summed E-state index contributed by atoms with van der Waals surface area (Å²) < 4.78 is 45.1. The quantitative estimate of drug-likeness (QED) is 0.526. The highest BCUT2D eigenvalue weighted by Gasteiger charge is 2.30. The van der Waals surface area contributed by atoms with Gasteiger partial charge >= 0.3 is 11.7 Å². The first-order chi connectivity index (χ1) is 5.81. The summed E-state index contributed by atoms with van der Waals surface area (Å²) in [6, 6.07) is -1.95. The third-order valence-corrected chi connectivity index (χ3v) is 2.10. The van der Waals surface area contributed by atoms with Crippen LogP contribution in [0.1, 0.15) is 0 Å². The van der Waals surface area contributed by atoms with Crippen molar-refractivity contribution in [3.63, 3.8) is 0 Å². The second kappa shape index (κ2) is 4.44. The molecule has 6 nitrogen and oxygen atoms in total. The van der Waals surface area contributed by atoms with Crippen molar-refractivity contribution >= 4 is 16.0 Å². The monoisotopic (exact) mass is 219 g/mol. The Morgan fingerprint density at radius 2 is 1.92 bits per heavy atom. The van der Waals surface area contributed by atoms with Gasteiger partial charge in [0.2, 0.25) is 0 Å². The summed E-state index contributed by atoms with van der Waals surface area (Å²) in [6.07, 6.45) is 0. The van der Waals surface area contributed by atoms with Crippen molar-refractivity contribution in [1.29, 1.82) is 0 Å². The van der Waals surface area contributed by atoms with Crippen LogP contribution >= 0.6 is 0 Å². The molecule has 0 radical (unpaired) electrons. The van der Waals surface area contributed by atoms with Gasteiger partial charge in [-0.25, -0.2) is 8.42 Å². The van der Waals surface area contributed by atoms with Crippen LogP contribution < -0.4 is 4.72 Å². The molecule has 0 aliphatic rings. The Balaban J connectivity index is 4.50. The standard InChI is InChI=1S/C4H7F2NO5S/c5-4(6)13(11,12)7-2(1-8)3(9)10/h2,4,7-8H,1H2,(H,9,10)/t2-/m1/s1. The van der Waals surface area contributed by atoms with Crippen LogP contribution in [0, 0.1) is 0 Å². The number of hydrogen-bond acceptors (Lipinski definition) is 4. The Morgan fingerprint density at radius 1 is 1.46 bits per heavy atom. The average Bonchev–Trinajstić information content (AvgIpc) is 1.99. The maximum Gasteiger partial charge on any atom is 0.350 e. The Morgan fingerprint density at radius 3 is 2.15 bits per heavy atom. The number of aliphatic hydroxyl groups excluding tert-OH is 1. The summed E-state index contributed by atoms with van der Waals surface area (Å²) in [5, 5.41) is 16.5. The van der Waals surface area contributed by atoms with E-state index in [1.54, 1.807) is 0 Å². The van der Waals surface area contributed by atoms with Gasteiger partial charge in [-0.05, 0) is 0 Å². The molecule has 0 aliphatic carbocycles. The van der Waals surface area contributed by atoms with E-state index in [0.717, 1.165) is 4.72 Å². The topological polar surface area (TPSA) is 104 Å². The molecule has 0 saturated carbocycles. The molecule has 0 saturated heterocycles. The number of aliphatic carboxylic acids is 1. The molecule has 0 aromatic carbocycles. The highest BCUT2D eigenvalue weighted by Crippen LogP contribution is 2.02. The van der Waals surface area contributed by atoms with E-state index < -0.39 is 34.4 Å². The maximum atomic E-state index is 11.6. The van der Waals surface area contributed by atoms with E-state index in [0.29, 0.717) is 0 Å². The third-order valence-electron chi connectivity index (χ3n) is 1.02. The van der Waals surface area contributed by atoms with E-state index in [9.17, 15) is 22.0 Å². The van der Waals surface area contributed by atoms with Crippen molar-refractivity contribution < 1.29 is 32.2 Å². The lowest BCUT2D eigenvalue weighted by Gasteiger charge is -2.10. The second-order valence-electron chi connectivity index (χ2n) is 2.00. The molecule has 3 N–H and O–H groups in total. The summed E-state index contributed by atoms with van der Waals surface area (Å²) in [6.45, 7) is -1.10. The third kappa shape index (κ3) is 3.61. The van der Waals surface area contributed by atoms with Crippen LogP contribution in [0.25, 0.3) is 0 Å². The number of carboxylic acid groups (broad SMARTS) is 1. The molecule has 9 heteroatoms. The molecule has 0 spiro atoms. The van der Waals surface area contributed by atoms with Gasteiger partial charge in [-0.2, -0.15) is 13.5 Å². The van der Waals surface area contributed by atoms with E-state index in [-0.39, 0.29) is 0 Å². The van der Waals surface area contributed by atoms with Crippen molar-refractivity contribution in [3.05, 3.63) is 0 Å². The molecular weight excluding hydrogens is 212 g/mol. The number of sulfonamides is 1. The number of aliphatic hydroxyl groups is 1. The van der Waals surface area contributed by atoms with Gasteiger partial charge in [0.15, 0.2) is 0 Å². The molecule has 0 rings (SSSR count). The van der Waals surface area contributed by atoms with Gasteiger partial charge in [-0.1, -0.05) is 0 Å². The number of halogens is 2. The molecule has 0 aromatic rings. The fourth-order valence-electron chi connectivity index (χ4n) is 0.415. The molecule has 0 fully saturated rings. The molecule has 0 unspecified atom stereocenters. The van der Waals surface area contributed by atoms with Crippen LogP contribution in [0.15, 0.2) is 0 Å². The summed E-state index contributed by atoms with van der Waals surface area (Å²) in [7, 11) is -4.98. The predicted molar refractivity (Wildman–Crippen MR) is 36.6 cm³/mol. The zero-order valence-corrected chi connectivity index (χ0v) is 6.96. The lowest BCUT2D eigenvalue weighted by molar-refractivity contribution is -0.139. The fourth-order valence-corrected chi connectivity index (χ4v) is 1.09. The summed E-state index contributed by atoms with van der Waals surface area (Å²) >= 11 is 0. The summed E-state index contributed by atoms with van der Waals surface area (Å²) in [5.41, 5.74) is 0. The summed E-state index contributed by atoms with van der Waals surface area (Å²) in [4.78, 5) is 10.1. The summed E-state index contributed by atoms with van der Waals surface area (Å²) in [5.74, 6) is -5.45. The lowest BCUT2D eigenvalue weighted by Crippen LogP contribution is -2.45. The lowest BCUT2D eigenvalue weighted by atomic mass is 10.3. The molecular formula is C4H7F2NO5S. The number of rotatable bonds is 5. The normalized spacial score (nSPS) is 14.5. The SMILES string of the molecule is O=C(O)[C@@H](CO)NS(=O)(=O)C(F)F. The molecule has 0 aromatic heterocycles. The first-order valence-electron chi connectivity index (χ1n) is 2.94. The van der Waals surface area contributed by atoms with Gasteiger partial charge < -0.3 is 10.2 Å². The maximum absolute atomic E-state index is 11.6. The molecule has 0 heterocycles. The minimum atomic E-state index is -4.98.